The Morgan fingerprint density at radius 3 is 2.83 bits per heavy atom. The van der Waals surface area contributed by atoms with Crippen LogP contribution in [0.1, 0.15) is 25.8 Å². The minimum atomic E-state index is 0.0413. The van der Waals surface area contributed by atoms with Crippen molar-refractivity contribution in [1.29, 1.82) is 0 Å². The van der Waals surface area contributed by atoms with E-state index in [1.165, 1.54) is 0 Å². The predicted molar refractivity (Wildman–Crippen MR) is 74.7 cm³/mol. The molecule has 0 aliphatic carbocycles. The first-order valence-corrected chi connectivity index (χ1v) is 6.40. The number of pyridine rings is 2. The third-order valence-electron chi connectivity index (χ3n) is 3.08. The minimum Gasteiger partial charge on any atom is -0.311 e. The van der Waals surface area contributed by atoms with E-state index in [2.05, 4.69) is 11.9 Å². The molecule has 0 radical (unpaired) electrons. The molecule has 2 rings (SSSR count). The summed E-state index contributed by atoms with van der Waals surface area (Å²) in [5, 5.41) is 2.95. The number of hydrogen-bond acceptors (Lipinski definition) is 3. The maximum Gasteiger partial charge on any atom is 0.274 e. The van der Waals surface area contributed by atoms with E-state index in [9.17, 15) is 4.79 Å². The molecule has 0 aliphatic heterocycles. The van der Waals surface area contributed by atoms with Crippen molar-refractivity contribution in [2.45, 2.75) is 26.7 Å². The number of rotatable bonds is 4. The smallest absolute Gasteiger partial charge is 0.274 e. The Morgan fingerprint density at radius 2 is 2.17 bits per heavy atom. The number of aryl methyl sites for hydroxylation is 1. The first-order valence-electron chi connectivity index (χ1n) is 6.40. The lowest BCUT2D eigenvalue weighted by Gasteiger charge is -2.23. The van der Waals surface area contributed by atoms with Gasteiger partial charge in [0.15, 0.2) is 5.65 Å². The summed E-state index contributed by atoms with van der Waals surface area (Å²) < 4.78 is 1.69. The minimum absolute atomic E-state index is 0.0413. The second-order valence-electron chi connectivity index (χ2n) is 4.44. The number of fused-ring (bicyclic) bond motifs is 1. The van der Waals surface area contributed by atoms with Crippen LogP contribution in [-0.2, 0) is 6.42 Å². The van der Waals surface area contributed by atoms with E-state index >= 15 is 0 Å². The van der Waals surface area contributed by atoms with Crippen LogP contribution in [-0.4, -0.2) is 23.3 Å². The van der Waals surface area contributed by atoms with Crippen molar-refractivity contribution in [3.63, 3.8) is 0 Å². The van der Waals surface area contributed by atoms with Gasteiger partial charge in [-0.1, -0.05) is 13.8 Å². The van der Waals surface area contributed by atoms with E-state index in [4.69, 9.17) is 0 Å². The summed E-state index contributed by atoms with van der Waals surface area (Å²) in [6.45, 7) is 4.93. The van der Waals surface area contributed by atoms with Crippen molar-refractivity contribution in [1.82, 2.24) is 9.66 Å². The maximum absolute atomic E-state index is 12.4. The van der Waals surface area contributed by atoms with Gasteiger partial charge in [0.05, 0.1) is 0 Å². The van der Waals surface area contributed by atoms with Crippen LogP contribution in [0.25, 0.3) is 11.0 Å². The van der Waals surface area contributed by atoms with Gasteiger partial charge >= 0.3 is 0 Å². The average Bonchev–Trinajstić information content (AvgIpc) is 2.38. The fourth-order valence-corrected chi connectivity index (χ4v) is 2.17. The van der Waals surface area contributed by atoms with Crippen molar-refractivity contribution in [2.24, 2.45) is 0 Å². The van der Waals surface area contributed by atoms with Gasteiger partial charge in [-0.25, -0.2) is 9.66 Å². The van der Waals surface area contributed by atoms with Crippen LogP contribution in [0.3, 0.4) is 0 Å². The fourth-order valence-electron chi connectivity index (χ4n) is 2.17. The van der Waals surface area contributed by atoms with E-state index in [0.717, 1.165) is 36.0 Å². The highest BCUT2D eigenvalue weighted by Crippen LogP contribution is 2.11. The lowest BCUT2D eigenvalue weighted by Crippen LogP contribution is -2.41. The fraction of sp³-hybridized carbons (Fsp3) is 0.429. The molecule has 2 heterocycles. The van der Waals surface area contributed by atoms with E-state index in [-0.39, 0.29) is 5.56 Å². The summed E-state index contributed by atoms with van der Waals surface area (Å²) >= 11 is 0. The molecule has 0 unspecified atom stereocenters. The molecule has 0 amide bonds. The molecule has 0 saturated carbocycles. The summed E-state index contributed by atoms with van der Waals surface area (Å²) in [5.41, 5.74) is 1.61. The molecule has 0 aliphatic rings. The molecule has 0 saturated heterocycles. The van der Waals surface area contributed by atoms with E-state index < -0.39 is 0 Å². The zero-order valence-corrected chi connectivity index (χ0v) is 11.2. The van der Waals surface area contributed by atoms with Crippen molar-refractivity contribution in [2.75, 3.05) is 18.6 Å². The molecular weight excluding hydrogens is 226 g/mol. The molecule has 18 heavy (non-hydrogen) atoms. The molecule has 4 nitrogen and oxygen atoms in total. The van der Waals surface area contributed by atoms with Crippen LogP contribution >= 0.6 is 0 Å². The Hall–Kier alpha value is -1.84. The van der Waals surface area contributed by atoms with Crippen LogP contribution in [0.4, 0.5) is 0 Å². The van der Waals surface area contributed by atoms with Gasteiger partial charge in [-0.15, -0.1) is 0 Å². The number of hydrogen-bond donors (Lipinski definition) is 0. The summed E-state index contributed by atoms with van der Waals surface area (Å²) in [7, 11) is 1.93. The van der Waals surface area contributed by atoms with Crippen LogP contribution < -0.4 is 10.6 Å². The second-order valence-corrected chi connectivity index (χ2v) is 4.44. The van der Waals surface area contributed by atoms with E-state index in [1.54, 1.807) is 10.9 Å². The molecule has 0 fully saturated rings. The Labute approximate surface area is 107 Å². The zero-order valence-electron chi connectivity index (χ0n) is 11.2. The molecule has 0 spiro atoms. The topological polar surface area (TPSA) is 38.1 Å². The molecule has 0 bridgehead atoms. The van der Waals surface area contributed by atoms with Crippen molar-refractivity contribution in [3.8, 4) is 0 Å². The molecule has 2 aromatic rings. The van der Waals surface area contributed by atoms with Gasteiger partial charge in [-0.05, 0) is 31.0 Å². The zero-order chi connectivity index (χ0) is 13.1. The number of aromatic nitrogens is 2. The summed E-state index contributed by atoms with van der Waals surface area (Å²) in [5.74, 6) is 0. The quantitative estimate of drug-likeness (QED) is 0.826. The normalized spacial score (nSPS) is 10.8. The molecule has 4 heteroatoms. The Kier molecular flexibility index (Phi) is 3.65. The lowest BCUT2D eigenvalue weighted by molar-refractivity contribution is 0.629. The molecular formula is C14H19N3O. The van der Waals surface area contributed by atoms with Crippen LogP contribution in [0.5, 0.6) is 0 Å². The SMILES string of the molecule is CCCN(C)n1c(=O)c(CC)cc2cccnc21. The van der Waals surface area contributed by atoms with E-state index in [0.29, 0.717) is 0 Å². The van der Waals surface area contributed by atoms with Gasteiger partial charge in [0, 0.05) is 30.7 Å². The van der Waals surface area contributed by atoms with Gasteiger partial charge < -0.3 is 5.01 Å². The lowest BCUT2D eigenvalue weighted by atomic mass is 10.2. The maximum atomic E-state index is 12.4. The molecule has 0 aromatic carbocycles. The average molecular weight is 245 g/mol. The molecule has 0 atom stereocenters. The van der Waals surface area contributed by atoms with Crippen molar-refractivity contribution < 1.29 is 0 Å². The first kappa shape index (κ1) is 12.6. The van der Waals surface area contributed by atoms with Gasteiger partial charge in [0.25, 0.3) is 5.56 Å². The highest BCUT2D eigenvalue weighted by Gasteiger charge is 2.11. The van der Waals surface area contributed by atoms with Gasteiger partial charge in [0.2, 0.25) is 0 Å². The third-order valence-corrected chi connectivity index (χ3v) is 3.08. The highest BCUT2D eigenvalue weighted by molar-refractivity contribution is 5.75. The predicted octanol–water partition coefficient (Wildman–Crippen LogP) is 1.94. The first-order chi connectivity index (χ1) is 8.69. The van der Waals surface area contributed by atoms with Crippen molar-refractivity contribution >= 4 is 11.0 Å². The van der Waals surface area contributed by atoms with Crippen LogP contribution in [0, 0.1) is 0 Å². The highest BCUT2D eigenvalue weighted by atomic mass is 16.1. The molecule has 0 N–H and O–H groups in total. The van der Waals surface area contributed by atoms with Gasteiger partial charge in [0.1, 0.15) is 0 Å². The summed E-state index contributed by atoms with van der Waals surface area (Å²) in [4.78, 5) is 16.8. The Bertz CT molecular complexity index is 604. The molecule has 96 valence electrons. The second kappa shape index (κ2) is 5.21. The third kappa shape index (κ3) is 2.10. The molecule has 2 aromatic heterocycles. The van der Waals surface area contributed by atoms with Crippen LogP contribution in [0.2, 0.25) is 0 Å². The number of nitrogens with zero attached hydrogens (tertiary/aromatic N) is 3. The van der Waals surface area contributed by atoms with Gasteiger partial charge in [-0.2, -0.15) is 0 Å². The summed E-state index contributed by atoms with van der Waals surface area (Å²) in [6, 6.07) is 5.84. The van der Waals surface area contributed by atoms with E-state index in [1.807, 2.05) is 37.2 Å². The standard InChI is InChI=1S/C14H19N3O/c1-4-9-16(3)17-13-12(7-6-8-15-13)10-11(5-2)14(17)18/h6-8,10H,4-5,9H2,1-3H3. The Balaban J connectivity index is 2.74. The Morgan fingerprint density at radius 1 is 1.39 bits per heavy atom. The van der Waals surface area contributed by atoms with Gasteiger partial charge in [-0.3, -0.25) is 4.79 Å². The monoisotopic (exact) mass is 245 g/mol. The summed E-state index contributed by atoms with van der Waals surface area (Å²) in [6.07, 6.45) is 3.46. The largest absolute Gasteiger partial charge is 0.311 e. The van der Waals surface area contributed by atoms with Crippen molar-refractivity contribution in [3.05, 3.63) is 40.3 Å². The van der Waals surface area contributed by atoms with Crippen LogP contribution in [0.15, 0.2) is 29.2 Å².